The van der Waals surface area contributed by atoms with Gasteiger partial charge in [0.2, 0.25) is 0 Å². The van der Waals surface area contributed by atoms with Crippen molar-refractivity contribution in [2.45, 2.75) is 45.4 Å². The van der Waals surface area contributed by atoms with E-state index in [2.05, 4.69) is 10.1 Å². The first-order valence-electron chi connectivity index (χ1n) is 5.80. The van der Waals surface area contributed by atoms with E-state index in [1.165, 1.54) is 13.4 Å². The van der Waals surface area contributed by atoms with Gasteiger partial charge in [0.05, 0.1) is 24.8 Å². The average Bonchev–Trinajstić information content (AvgIpc) is 2.72. The van der Waals surface area contributed by atoms with Crippen molar-refractivity contribution in [2.75, 3.05) is 7.11 Å². The number of rotatable bonds is 5. The Labute approximate surface area is 107 Å². The Morgan fingerprint density at radius 2 is 2.06 bits per heavy atom. The van der Waals surface area contributed by atoms with Gasteiger partial charge in [-0.15, -0.1) is 0 Å². The predicted octanol–water partition coefficient (Wildman–Crippen LogP) is 1.71. The second kappa shape index (κ2) is 5.12. The first kappa shape index (κ1) is 14.7. The molecule has 1 aromatic rings. The second-order valence-electron chi connectivity index (χ2n) is 5.33. The summed E-state index contributed by atoms with van der Waals surface area (Å²) in [5.41, 5.74) is -0.967. The molecule has 0 saturated carbocycles. The molecule has 1 heterocycles. The summed E-state index contributed by atoms with van der Waals surface area (Å²) < 4.78 is 9.84. The molecule has 1 rings (SSSR count). The fraction of sp³-hybridized carbons (Fsp3) is 0.615. The number of hydrogen-bond acceptors (Lipinski definition) is 5. The lowest BCUT2D eigenvalue weighted by atomic mass is 9.86. The minimum Gasteiger partial charge on any atom is -0.467 e. The van der Waals surface area contributed by atoms with Gasteiger partial charge in [-0.2, -0.15) is 0 Å². The highest BCUT2D eigenvalue weighted by Gasteiger charge is 2.34. The van der Waals surface area contributed by atoms with Crippen molar-refractivity contribution in [3.63, 3.8) is 0 Å². The van der Waals surface area contributed by atoms with E-state index in [0.717, 1.165) is 0 Å². The third-order valence-corrected chi connectivity index (χ3v) is 3.31. The van der Waals surface area contributed by atoms with Gasteiger partial charge in [-0.3, -0.25) is 0 Å². The molecule has 18 heavy (non-hydrogen) atoms. The molecular formula is C13H21NO4. The van der Waals surface area contributed by atoms with Crippen LogP contribution in [0.2, 0.25) is 0 Å². The van der Waals surface area contributed by atoms with Crippen molar-refractivity contribution in [1.82, 2.24) is 5.32 Å². The molecule has 5 heteroatoms. The fourth-order valence-electron chi connectivity index (χ4n) is 1.22. The van der Waals surface area contributed by atoms with Crippen molar-refractivity contribution in [2.24, 2.45) is 0 Å². The Hall–Kier alpha value is -1.33. The third kappa shape index (κ3) is 3.34. The molecular weight excluding hydrogens is 234 g/mol. The molecule has 2 N–H and O–H groups in total. The fourth-order valence-corrected chi connectivity index (χ4v) is 1.22. The number of esters is 1. The molecule has 0 aliphatic heterocycles. The molecule has 0 saturated heterocycles. The molecule has 0 amide bonds. The zero-order valence-electron chi connectivity index (χ0n) is 11.5. The second-order valence-corrected chi connectivity index (χ2v) is 5.33. The number of methoxy groups -OCH3 is 1. The van der Waals surface area contributed by atoms with Crippen LogP contribution in [0, 0.1) is 0 Å². The molecule has 0 atom stereocenters. The van der Waals surface area contributed by atoms with E-state index in [0.29, 0.717) is 17.9 Å². The van der Waals surface area contributed by atoms with E-state index in [4.69, 9.17) is 4.42 Å². The lowest BCUT2D eigenvalue weighted by Crippen LogP contribution is -2.55. The molecule has 1 aromatic heterocycles. The molecule has 0 aliphatic rings. The van der Waals surface area contributed by atoms with Gasteiger partial charge >= 0.3 is 5.97 Å². The number of aliphatic hydroxyl groups is 1. The molecule has 5 nitrogen and oxygen atoms in total. The highest BCUT2D eigenvalue weighted by molar-refractivity contribution is 5.88. The molecule has 0 aliphatic carbocycles. The lowest BCUT2D eigenvalue weighted by molar-refractivity contribution is -0.00602. The third-order valence-electron chi connectivity index (χ3n) is 3.31. The van der Waals surface area contributed by atoms with Gasteiger partial charge in [-0.25, -0.2) is 4.79 Å². The molecule has 0 spiro atoms. The number of carbonyl (C=O) groups excluding carboxylic acids is 1. The summed E-state index contributed by atoms with van der Waals surface area (Å²) in [5, 5.41) is 13.2. The summed E-state index contributed by atoms with van der Waals surface area (Å²) in [6.07, 6.45) is 1.36. The first-order valence-corrected chi connectivity index (χ1v) is 5.80. The minimum absolute atomic E-state index is 0.385. The Morgan fingerprint density at radius 3 is 2.56 bits per heavy atom. The predicted molar refractivity (Wildman–Crippen MR) is 67.3 cm³/mol. The smallest absolute Gasteiger partial charge is 0.341 e. The monoisotopic (exact) mass is 255 g/mol. The van der Waals surface area contributed by atoms with Crippen molar-refractivity contribution in [3.05, 3.63) is 23.7 Å². The molecule has 0 radical (unpaired) electrons. The van der Waals surface area contributed by atoms with Crippen molar-refractivity contribution >= 4 is 5.97 Å². The van der Waals surface area contributed by atoms with Crippen molar-refractivity contribution in [3.8, 4) is 0 Å². The van der Waals surface area contributed by atoms with E-state index in [-0.39, 0.29) is 0 Å². The van der Waals surface area contributed by atoms with Crippen LogP contribution in [-0.4, -0.2) is 29.3 Å². The Kier molecular flexibility index (Phi) is 4.19. The zero-order valence-corrected chi connectivity index (χ0v) is 11.5. The van der Waals surface area contributed by atoms with Crippen LogP contribution >= 0.6 is 0 Å². The van der Waals surface area contributed by atoms with E-state index in [9.17, 15) is 9.90 Å². The van der Waals surface area contributed by atoms with Gasteiger partial charge in [0.25, 0.3) is 0 Å². The summed E-state index contributed by atoms with van der Waals surface area (Å²) in [7, 11) is 1.32. The maximum Gasteiger partial charge on any atom is 0.341 e. The van der Waals surface area contributed by atoms with Gasteiger partial charge in [0, 0.05) is 5.54 Å². The molecule has 0 unspecified atom stereocenters. The van der Waals surface area contributed by atoms with Crippen LogP contribution in [0.1, 0.15) is 43.8 Å². The first-order chi connectivity index (χ1) is 8.17. The van der Waals surface area contributed by atoms with Gasteiger partial charge in [0.15, 0.2) is 0 Å². The van der Waals surface area contributed by atoms with Crippen LogP contribution in [0.4, 0.5) is 0 Å². The largest absolute Gasteiger partial charge is 0.467 e. The molecule has 102 valence electrons. The van der Waals surface area contributed by atoms with E-state index < -0.39 is 17.1 Å². The van der Waals surface area contributed by atoms with Gasteiger partial charge < -0.3 is 19.6 Å². The maximum absolute atomic E-state index is 11.2. The highest BCUT2D eigenvalue weighted by atomic mass is 16.5. The van der Waals surface area contributed by atoms with E-state index >= 15 is 0 Å². The van der Waals surface area contributed by atoms with Crippen molar-refractivity contribution in [1.29, 1.82) is 0 Å². The van der Waals surface area contributed by atoms with Gasteiger partial charge in [-0.1, -0.05) is 0 Å². The number of carbonyl (C=O) groups is 1. The Morgan fingerprint density at radius 1 is 1.44 bits per heavy atom. The summed E-state index contributed by atoms with van der Waals surface area (Å²) >= 11 is 0. The lowest BCUT2D eigenvalue weighted by Gasteiger charge is -2.38. The quantitative estimate of drug-likeness (QED) is 0.784. The zero-order chi connectivity index (χ0) is 14.0. The van der Waals surface area contributed by atoms with Crippen LogP contribution in [0.3, 0.4) is 0 Å². The van der Waals surface area contributed by atoms with Crippen LogP contribution in [0.15, 0.2) is 16.7 Å². The average molecular weight is 255 g/mol. The highest BCUT2D eigenvalue weighted by Crippen LogP contribution is 2.21. The normalized spacial score (nSPS) is 12.6. The number of furan rings is 1. The maximum atomic E-state index is 11.2. The van der Waals surface area contributed by atoms with Crippen LogP contribution in [0.25, 0.3) is 0 Å². The van der Waals surface area contributed by atoms with Crippen LogP contribution in [-0.2, 0) is 11.3 Å². The van der Waals surface area contributed by atoms with E-state index in [1.807, 2.05) is 13.8 Å². The topological polar surface area (TPSA) is 71.7 Å². The summed E-state index contributed by atoms with van der Waals surface area (Å²) in [4.78, 5) is 11.2. The number of nitrogens with one attached hydrogen (secondary N) is 1. The van der Waals surface area contributed by atoms with E-state index in [1.54, 1.807) is 19.9 Å². The Balaban J connectivity index is 2.65. The number of ether oxygens (including phenoxy) is 1. The summed E-state index contributed by atoms with van der Waals surface area (Å²) in [6, 6.07) is 1.62. The number of hydrogen-bond donors (Lipinski definition) is 2. The Bertz CT molecular complexity index is 415. The minimum atomic E-state index is -0.870. The summed E-state index contributed by atoms with van der Waals surface area (Å²) in [5.74, 6) is 0.194. The molecule has 0 bridgehead atoms. The summed E-state index contributed by atoms with van der Waals surface area (Å²) in [6.45, 7) is 7.70. The van der Waals surface area contributed by atoms with Gasteiger partial charge in [-0.05, 0) is 33.8 Å². The van der Waals surface area contributed by atoms with Crippen LogP contribution < -0.4 is 5.32 Å². The van der Waals surface area contributed by atoms with Gasteiger partial charge in [0.1, 0.15) is 12.0 Å². The van der Waals surface area contributed by atoms with Crippen molar-refractivity contribution < 1.29 is 19.1 Å². The molecule has 0 aromatic carbocycles. The SMILES string of the molecule is COC(=O)c1coc(CNC(C)(C)C(C)(C)O)c1. The van der Waals surface area contributed by atoms with Crippen LogP contribution in [0.5, 0.6) is 0 Å². The molecule has 0 fully saturated rings. The standard InChI is InChI=1S/C13H21NO4/c1-12(2,13(3,4)16)14-7-10-6-9(8-18-10)11(15)17-5/h6,8,14,16H,7H2,1-5H3.